The second-order valence-electron chi connectivity index (χ2n) is 5.89. The number of carbonyl (C=O) groups is 2. The summed E-state index contributed by atoms with van der Waals surface area (Å²) in [5, 5.41) is 5.10. The molecule has 0 spiro atoms. The van der Waals surface area contributed by atoms with E-state index in [9.17, 15) is 9.59 Å². The molecule has 0 radical (unpaired) electrons. The van der Waals surface area contributed by atoms with Crippen molar-refractivity contribution in [1.29, 1.82) is 0 Å². The van der Waals surface area contributed by atoms with E-state index in [2.05, 4.69) is 10.6 Å². The molecule has 2 rings (SSSR count). The van der Waals surface area contributed by atoms with Crippen molar-refractivity contribution in [3.05, 3.63) is 71.8 Å². The molecule has 0 aliphatic carbocycles. The molecule has 0 bridgehead atoms. The van der Waals surface area contributed by atoms with E-state index in [-0.39, 0.29) is 11.9 Å². The number of rotatable bonds is 6. The maximum absolute atomic E-state index is 12.2. The third-order valence-corrected chi connectivity index (χ3v) is 3.99. The van der Waals surface area contributed by atoms with E-state index < -0.39 is 6.03 Å². The first-order valence-electron chi connectivity index (χ1n) is 8.05. The minimum absolute atomic E-state index is 0.283. The summed E-state index contributed by atoms with van der Waals surface area (Å²) in [4.78, 5) is 25.1. The summed E-state index contributed by atoms with van der Waals surface area (Å²) < 4.78 is 0. The van der Waals surface area contributed by atoms with Crippen LogP contribution in [0.5, 0.6) is 0 Å². The van der Waals surface area contributed by atoms with E-state index in [1.165, 1.54) is 0 Å². The molecule has 0 heterocycles. The van der Waals surface area contributed by atoms with E-state index >= 15 is 0 Å². The molecule has 126 valence electrons. The molecular formula is C19H24N3O2+. The van der Waals surface area contributed by atoms with Gasteiger partial charge in [0.05, 0.1) is 7.05 Å². The smallest absolute Gasteiger partial charge is 0.321 e. The summed E-state index contributed by atoms with van der Waals surface area (Å²) in [6, 6.07) is 18.7. The lowest BCUT2D eigenvalue weighted by Crippen LogP contribution is -3.12. The Morgan fingerprint density at radius 2 is 1.50 bits per heavy atom. The maximum atomic E-state index is 12.2. The first-order valence-corrected chi connectivity index (χ1v) is 8.05. The van der Waals surface area contributed by atoms with E-state index in [0.717, 1.165) is 22.6 Å². The van der Waals surface area contributed by atoms with Crippen molar-refractivity contribution in [3.63, 3.8) is 0 Å². The van der Waals surface area contributed by atoms with Gasteiger partial charge in [0.1, 0.15) is 6.54 Å². The Kier molecular flexibility index (Phi) is 6.51. The van der Waals surface area contributed by atoms with Gasteiger partial charge in [0, 0.05) is 12.1 Å². The summed E-state index contributed by atoms with van der Waals surface area (Å²) >= 11 is 0. The van der Waals surface area contributed by atoms with Gasteiger partial charge in [0.15, 0.2) is 6.04 Å². The summed E-state index contributed by atoms with van der Waals surface area (Å²) in [7, 11) is 1.94. The molecule has 2 atom stereocenters. The monoisotopic (exact) mass is 326 g/mol. The quantitative estimate of drug-likeness (QED) is 0.745. The fourth-order valence-corrected chi connectivity index (χ4v) is 2.34. The summed E-state index contributed by atoms with van der Waals surface area (Å²) in [5.41, 5.74) is 2.14. The Bertz CT molecular complexity index is 659. The SMILES string of the molecule is C[C@@H](C(=O)NC(=O)NCc1ccccc1)[NH+](C)Cc1ccccc1. The number of quaternary nitrogens is 1. The molecule has 2 aromatic carbocycles. The molecular weight excluding hydrogens is 302 g/mol. The molecule has 0 saturated heterocycles. The predicted octanol–water partition coefficient (Wildman–Crippen LogP) is 1.12. The highest BCUT2D eigenvalue weighted by Crippen LogP contribution is 1.97. The van der Waals surface area contributed by atoms with Crippen molar-refractivity contribution < 1.29 is 14.5 Å². The fraction of sp³-hybridized carbons (Fsp3) is 0.263. The van der Waals surface area contributed by atoms with Crippen LogP contribution in [-0.2, 0) is 17.9 Å². The standard InChI is InChI=1S/C19H23N3O2/c1-15(22(2)14-17-11-7-4-8-12-17)18(23)21-19(24)20-13-16-9-5-3-6-10-16/h3-12,15H,13-14H2,1-2H3,(H2,20,21,23,24)/p+1/t15-/m0/s1. The predicted molar refractivity (Wildman–Crippen MR) is 93.3 cm³/mol. The van der Waals surface area contributed by atoms with Crippen LogP contribution in [0.2, 0.25) is 0 Å². The van der Waals surface area contributed by atoms with Crippen molar-refractivity contribution in [2.24, 2.45) is 0 Å². The van der Waals surface area contributed by atoms with Crippen LogP contribution in [0.3, 0.4) is 0 Å². The van der Waals surface area contributed by atoms with Crippen LogP contribution in [0.15, 0.2) is 60.7 Å². The zero-order valence-electron chi connectivity index (χ0n) is 14.1. The fourth-order valence-electron chi connectivity index (χ4n) is 2.34. The van der Waals surface area contributed by atoms with Crippen LogP contribution in [-0.4, -0.2) is 25.0 Å². The second-order valence-corrected chi connectivity index (χ2v) is 5.89. The molecule has 24 heavy (non-hydrogen) atoms. The highest BCUT2D eigenvalue weighted by molar-refractivity contribution is 5.96. The van der Waals surface area contributed by atoms with Gasteiger partial charge in [-0.15, -0.1) is 0 Å². The third kappa shape index (κ3) is 5.52. The van der Waals surface area contributed by atoms with Gasteiger partial charge < -0.3 is 10.2 Å². The van der Waals surface area contributed by atoms with Gasteiger partial charge in [0.25, 0.3) is 5.91 Å². The normalized spacial score (nSPS) is 12.9. The van der Waals surface area contributed by atoms with E-state index in [4.69, 9.17) is 0 Å². The summed E-state index contributed by atoms with van der Waals surface area (Å²) in [6.45, 7) is 2.93. The van der Waals surface area contributed by atoms with Crippen molar-refractivity contribution in [3.8, 4) is 0 Å². The molecule has 0 aliphatic heterocycles. The largest absolute Gasteiger partial charge is 0.334 e. The first-order chi connectivity index (χ1) is 11.6. The molecule has 5 nitrogen and oxygen atoms in total. The lowest BCUT2D eigenvalue weighted by molar-refractivity contribution is -0.908. The Morgan fingerprint density at radius 1 is 0.958 bits per heavy atom. The number of nitrogens with one attached hydrogen (secondary N) is 3. The van der Waals surface area contributed by atoms with Gasteiger partial charge in [-0.25, -0.2) is 4.79 Å². The average molecular weight is 326 g/mol. The van der Waals surface area contributed by atoms with Gasteiger partial charge in [-0.1, -0.05) is 60.7 Å². The third-order valence-electron chi connectivity index (χ3n) is 3.99. The Labute approximate surface area is 142 Å². The Morgan fingerprint density at radius 3 is 2.08 bits per heavy atom. The van der Waals surface area contributed by atoms with Crippen LogP contribution in [0.1, 0.15) is 18.1 Å². The molecule has 0 aromatic heterocycles. The van der Waals surface area contributed by atoms with Crippen molar-refractivity contribution in [1.82, 2.24) is 10.6 Å². The van der Waals surface area contributed by atoms with Crippen molar-refractivity contribution in [2.75, 3.05) is 7.05 Å². The number of imide groups is 1. The van der Waals surface area contributed by atoms with Crippen LogP contribution in [0.25, 0.3) is 0 Å². The lowest BCUT2D eigenvalue weighted by atomic mass is 10.2. The molecule has 3 amide bonds. The zero-order chi connectivity index (χ0) is 17.4. The van der Waals surface area contributed by atoms with Gasteiger partial charge in [0.2, 0.25) is 0 Å². The van der Waals surface area contributed by atoms with E-state index in [1.54, 1.807) is 0 Å². The summed E-state index contributed by atoms with van der Waals surface area (Å²) in [6.07, 6.45) is 0. The number of hydrogen-bond donors (Lipinski definition) is 3. The Hall–Kier alpha value is -2.66. The molecule has 2 aromatic rings. The minimum Gasteiger partial charge on any atom is -0.334 e. The topological polar surface area (TPSA) is 62.6 Å². The van der Waals surface area contributed by atoms with Crippen LogP contribution < -0.4 is 15.5 Å². The van der Waals surface area contributed by atoms with Crippen molar-refractivity contribution in [2.45, 2.75) is 26.1 Å². The van der Waals surface area contributed by atoms with Gasteiger partial charge in [-0.05, 0) is 12.5 Å². The van der Waals surface area contributed by atoms with Gasteiger partial charge in [-0.2, -0.15) is 0 Å². The minimum atomic E-state index is -0.469. The highest BCUT2D eigenvalue weighted by Gasteiger charge is 2.23. The lowest BCUT2D eigenvalue weighted by Gasteiger charge is -2.20. The number of likely N-dealkylation sites (N-methyl/N-ethyl adjacent to an activating group) is 1. The number of amides is 3. The number of hydrogen-bond acceptors (Lipinski definition) is 2. The molecule has 1 unspecified atom stereocenters. The van der Waals surface area contributed by atoms with E-state index in [0.29, 0.717) is 6.54 Å². The zero-order valence-corrected chi connectivity index (χ0v) is 14.1. The number of benzene rings is 2. The van der Waals surface area contributed by atoms with Crippen molar-refractivity contribution >= 4 is 11.9 Å². The summed E-state index contributed by atoms with van der Waals surface area (Å²) in [5.74, 6) is -0.283. The van der Waals surface area contributed by atoms with Crippen LogP contribution in [0, 0.1) is 0 Å². The van der Waals surface area contributed by atoms with E-state index in [1.807, 2.05) is 74.6 Å². The molecule has 0 saturated carbocycles. The van der Waals surface area contributed by atoms with Gasteiger partial charge >= 0.3 is 6.03 Å². The maximum Gasteiger partial charge on any atom is 0.321 e. The molecule has 5 heteroatoms. The number of carbonyl (C=O) groups excluding carboxylic acids is 2. The second kappa shape index (κ2) is 8.84. The molecule has 0 aliphatic rings. The highest BCUT2D eigenvalue weighted by atomic mass is 16.2. The van der Waals surface area contributed by atoms with Crippen LogP contribution >= 0.6 is 0 Å². The van der Waals surface area contributed by atoms with Crippen LogP contribution in [0.4, 0.5) is 4.79 Å². The number of urea groups is 1. The Balaban J connectivity index is 1.78. The molecule has 3 N–H and O–H groups in total. The first kappa shape index (κ1) is 17.7. The molecule has 0 fully saturated rings. The van der Waals surface area contributed by atoms with Gasteiger partial charge in [-0.3, -0.25) is 10.1 Å². The average Bonchev–Trinajstić information content (AvgIpc) is 2.61.